The minimum absolute atomic E-state index is 0.150. The topological polar surface area (TPSA) is 77.7 Å². The molecular formula is C18H17ClF3N5O. The smallest absolute Gasteiger partial charge is 0.345 e. The lowest BCUT2D eigenvalue weighted by Crippen LogP contribution is -2.37. The van der Waals surface area contributed by atoms with Gasteiger partial charge in [-0.2, -0.15) is 18.3 Å². The number of rotatable bonds is 5. The molecule has 1 fully saturated rings. The standard InChI is InChI=1S/C18H17ClF3N5O/c19-12-4-5-13-16(24-9-23-13)11(12)8-27(7-10-2-1-3-10)17(28)14-6-15(26-25-14)18(20,21)22/h4-6,9-10H,1-3,7-8H2,(H,23,24)(H,25,26). The molecule has 4 rings (SSSR count). The number of nitrogens with zero attached hydrogens (tertiary/aromatic N) is 3. The Morgan fingerprint density at radius 3 is 2.75 bits per heavy atom. The van der Waals surface area contributed by atoms with Crippen molar-refractivity contribution in [1.82, 2.24) is 25.1 Å². The summed E-state index contributed by atoms with van der Waals surface area (Å²) in [7, 11) is 0. The molecular weight excluding hydrogens is 395 g/mol. The summed E-state index contributed by atoms with van der Waals surface area (Å²) in [5, 5.41) is 5.90. The van der Waals surface area contributed by atoms with Crippen LogP contribution in [0.4, 0.5) is 13.2 Å². The second-order valence-electron chi connectivity index (χ2n) is 6.97. The fourth-order valence-corrected chi connectivity index (χ4v) is 3.55. The maximum atomic E-state index is 13.0. The van der Waals surface area contributed by atoms with Crippen LogP contribution in [0.15, 0.2) is 24.5 Å². The molecule has 2 aromatic heterocycles. The molecule has 0 saturated heterocycles. The van der Waals surface area contributed by atoms with Crippen LogP contribution in [-0.4, -0.2) is 37.5 Å². The van der Waals surface area contributed by atoms with Gasteiger partial charge in [0.05, 0.1) is 17.4 Å². The number of alkyl halides is 3. The van der Waals surface area contributed by atoms with E-state index in [0.29, 0.717) is 28.6 Å². The molecule has 0 bridgehead atoms. The largest absolute Gasteiger partial charge is 0.435 e. The highest BCUT2D eigenvalue weighted by atomic mass is 35.5. The van der Waals surface area contributed by atoms with Crippen LogP contribution in [0, 0.1) is 5.92 Å². The lowest BCUT2D eigenvalue weighted by atomic mass is 9.85. The molecule has 2 N–H and O–H groups in total. The van der Waals surface area contributed by atoms with Crippen molar-refractivity contribution in [2.75, 3.05) is 6.54 Å². The molecule has 1 saturated carbocycles. The first kappa shape index (κ1) is 18.8. The third-order valence-electron chi connectivity index (χ3n) is 5.08. The quantitative estimate of drug-likeness (QED) is 0.653. The Bertz CT molecular complexity index is 1010. The van der Waals surface area contributed by atoms with E-state index < -0.39 is 17.8 Å². The Labute approximate surface area is 163 Å². The van der Waals surface area contributed by atoms with Gasteiger partial charge in [0.25, 0.3) is 5.91 Å². The van der Waals surface area contributed by atoms with Gasteiger partial charge < -0.3 is 9.88 Å². The fraction of sp³-hybridized carbons (Fsp3) is 0.389. The van der Waals surface area contributed by atoms with Crippen molar-refractivity contribution >= 4 is 28.5 Å². The van der Waals surface area contributed by atoms with Crippen LogP contribution >= 0.6 is 11.6 Å². The van der Waals surface area contributed by atoms with Crippen molar-refractivity contribution < 1.29 is 18.0 Å². The van der Waals surface area contributed by atoms with Crippen LogP contribution in [0.5, 0.6) is 0 Å². The number of H-pyrrole nitrogens is 2. The van der Waals surface area contributed by atoms with Gasteiger partial charge in [0.1, 0.15) is 5.69 Å². The number of carbonyl (C=O) groups excluding carboxylic acids is 1. The molecule has 1 aliphatic rings. The van der Waals surface area contributed by atoms with Crippen LogP contribution in [0.25, 0.3) is 11.0 Å². The number of hydrogen-bond donors (Lipinski definition) is 2. The van der Waals surface area contributed by atoms with Gasteiger partial charge in [0.15, 0.2) is 5.69 Å². The Kier molecular flexibility index (Phi) is 4.78. The van der Waals surface area contributed by atoms with Gasteiger partial charge in [-0.25, -0.2) is 4.98 Å². The number of aromatic amines is 2. The summed E-state index contributed by atoms with van der Waals surface area (Å²) in [6.45, 7) is 0.590. The second kappa shape index (κ2) is 7.12. The number of halogens is 4. The van der Waals surface area contributed by atoms with Gasteiger partial charge in [0.2, 0.25) is 0 Å². The first-order valence-corrected chi connectivity index (χ1v) is 9.23. The number of carbonyl (C=O) groups is 1. The number of aromatic nitrogens is 4. The van der Waals surface area contributed by atoms with E-state index in [4.69, 9.17) is 11.6 Å². The van der Waals surface area contributed by atoms with Crippen LogP contribution in [0.3, 0.4) is 0 Å². The van der Waals surface area contributed by atoms with Crippen LogP contribution in [0.1, 0.15) is 41.0 Å². The van der Waals surface area contributed by atoms with Crippen LogP contribution in [-0.2, 0) is 12.7 Å². The van der Waals surface area contributed by atoms with E-state index in [1.165, 1.54) is 11.2 Å². The van der Waals surface area contributed by atoms with Gasteiger partial charge in [-0.1, -0.05) is 18.0 Å². The average Bonchev–Trinajstić information content (AvgIpc) is 3.27. The van der Waals surface area contributed by atoms with E-state index in [1.807, 2.05) is 0 Å². The highest BCUT2D eigenvalue weighted by Gasteiger charge is 2.35. The van der Waals surface area contributed by atoms with E-state index in [-0.39, 0.29) is 12.2 Å². The molecule has 6 nitrogen and oxygen atoms in total. The van der Waals surface area contributed by atoms with Crippen molar-refractivity contribution in [2.45, 2.75) is 32.0 Å². The van der Waals surface area contributed by atoms with Crippen molar-refractivity contribution in [2.24, 2.45) is 5.92 Å². The molecule has 28 heavy (non-hydrogen) atoms. The minimum Gasteiger partial charge on any atom is -0.345 e. The molecule has 1 aromatic carbocycles. The monoisotopic (exact) mass is 411 g/mol. The summed E-state index contributed by atoms with van der Waals surface area (Å²) in [6.07, 6.45) is -0.0165. The molecule has 0 radical (unpaired) electrons. The summed E-state index contributed by atoms with van der Waals surface area (Å²) in [5.41, 5.74) is 0.753. The summed E-state index contributed by atoms with van der Waals surface area (Å²) in [4.78, 5) is 21.7. The molecule has 1 aliphatic carbocycles. The molecule has 2 heterocycles. The molecule has 3 aromatic rings. The summed E-state index contributed by atoms with van der Waals surface area (Å²) in [6, 6.07) is 4.24. The van der Waals surface area contributed by atoms with E-state index >= 15 is 0 Å². The van der Waals surface area contributed by atoms with E-state index in [2.05, 4.69) is 20.2 Å². The van der Waals surface area contributed by atoms with Crippen LogP contribution in [0.2, 0.25) is 5.02 Å². The SMILES string of the molecule is O=C(c1cc(C(F)(F)F)n[nH]1)N(Cc1c(Cl)ccc2[nH]cnc12)CC1CCC1. The highest BCUT2D eigenvalue weighted by molar-refractivity contribution is 6.32. The maximum Gasteiger partial charge on any atom is 0.435 e. The second-order valence-corrected chi connectivity index (χ2v) is 7.38. The molecule has 0 aliphatic heterocycles. The maximum absolute atomic E-state index is 13.0. The average molecular weight is 412 g/mol. The first-order chi connectivity index (χ1) is 13.3. The van der Waals surface area contributed by atoms with Crippen LogP contribution < -0.4 is 0 Å². The van der Waals surface area contributed by atoms with Crippen molar-refractivity contribution in [3.63, 3.8) is 0 Å². The number of fused-ring (bicyclic) bond motifs is 1. The van der Waals surface area contributed by atoms with Gasteiger partial charge >= 0.3 is 6.18 Å². The Balaban J connectivity index is 1.65. The zero-order chi connectivity index (χ0) is 19.9. The fourth-order valence-electron chi connectivity index (χ4n) is 3.34. The van der Waals surface area contributed by atoms with Gasteiger partial charge in [-0.15, -0.1) is 0 Å². The third kappa shape index (κ3) is 3.58. The van der Waals surface area contributed by atoms with Gasteiger partial charge in [-0.3, -0.25) is 9.89 Å². The lowest BCUT2D eigenvalue weighted by Gasteiger charge is -2.32. The van der Waals surface area contributed by atoms with E-state index in [9.17, 15) is 18.0 Å². The number of imidazole rings is 1. The van der Waals surface area contributed by atoms with Crippen molar-refractivity contribution in [3.05, 3.63) is 46.5 Å². The number of benzene rings is 1. The zero-order valence-electron chi connectivity index (χ0n) is 14.7. The van der Waals surface area contributed by atoms with Crippen molar-refractivity contribution in [1.29, 1.82) is 0 Å². The first-order valence-electron chi connectivity index (χ1n) is 8.85. The molecule has 148 valence electrons. The van der Waals surface area contributed by atoms with Gasteiger partial charge in [-0.05, 0) is 30.9 Å². The van der Waals surface area contributed by atoms with Gasteiger partial charge in [0, 0.05) is 29.7 Å². The molecule has 0 atom stereocenters. The van der Waals surface area contributed by atoms with E-state index in [1.54, 1.807) is 12.1 Å². The summed E-state index contributed by atoms with van der Waals surface area (Å²) >= 11 is 6.34. The van der Waals surface area contributed by atoms with Crippen molar-refractivity contribution in [3.8, 4) is 0 Å². The Hall–Kier alpha value is -2.55. The zero-order valence-corrected chi connectivity index (χ0v) is 15.4. The highest BCUT2D eigenvalue weighted by Crippen LogP contribution is 2.32. The molecule has 0 unspecified atom stereocenters. The number of nitrogens with one attached hydrogen (secondary N) is 2. The number of amides is 1. The predicted octanol–water partition coefficient (Wildman–Crippen LogP) is 4.40. The Morgan fingerprint density at radius 2 is 2.11 bits per heavy atom. The third-order valence-corrected chi connectivity index (χ3v) is 5.43. The minimum atomic E-state index is -4.61. The molecule has 10 heteroatoms. The van der Waals surface area contributed by atoms with E-state index in [0.717, 1.165) is 30.8 Å². The summed E-state index contributed by atoms with van der Waals surface area (Å²) < 4.78 is 38.5. The molecule has 1 amide bonds. The molecule has 0 spiro atoms. The number of hydrogen-bond acceptors (Lipinski definition) is 3. The predicted molar refractivity (Wildman–Crippen MR) is 96.8 cm³/mol. The Morgan fingerprint density at radius 1 is 1.32 bits per heavy atom. The lowest BCUT2D eigenvalue weighted by molar-refractivity contribution is -0.141. The summed E-state index contributed by atoms with van der Waals surface area (Å²) in [5.74, 6) is -0.218. The normalized spacial score (nSPS) is 15.0.